The summed E-state index contributed by atoms with van der Waals surface area (Å²) >= 11 is 0. The van der Waals surface area contributed by atoms with Gasteiger partial charge in [0.05, 0.1) is 6.61 Å². The van der Waals surface area contributed by atoms with Gasteiger partial charge >= 0.3 is 0 Å². The van der Waals surface area contributed by atoms with Gasteiger partial charge in [0.25, 0.3) is 0 Å². The van der Waals surface area contributed by atoms with Crippen LogP contribution in [0.2, 0.25) is 0 Å². The summed E-state index contributed by atoms with van der Waals surface area (Å²) in [5, 5.41) is 0. The molecule has 2 N–H and O–H groups in total. The highest BCUT2D eigenvalue weighted by Gasteiger charge is 2.14. The SMILES string of the molecule is CCC(C)C(N)CCc1ccc2c(c1)CCO2. The van der Waals surface area contributed by atoms with E-state index in [4.69, 9.17) is 10.5 Å². The molecule has 1 heterocycles. The summed E-state index contributed by atoms with van der Waals surface area (Å²) in [7, 11) is 0. The summed E-state index contributed by atoms with van der Waals surface area (Å²) in [5.74, 6) is 1.69. The first-order valence-electron chi connectivity index (χ1n) is 6.71. The van der Waals surface area contributed by atoms with E-state index in [1.165, 1.54) is 17.5 Å². The molecule has 0 saturated carbocycles. The Morgan fingerprint density at radius 1 is 1.41 bits per heavy atom. The Hall–Kier alpha value is -1.02. The van der Waals surface area contributed by atoms with E-state index in [0.717, 1.165) is 31.6 Å². The van der Waals surface area contributed by atoms with Gasteiger partial charge in [-0.25, -0.2) is 0 Å². The Morgan fingerprint density at radius 2 is 2.24 bits per heavy atom. The minimum Gasteiger partial charge on any atom is -0.493 e. The second-order valence-corrected chi connectivity index (χ2v) is 5.13. The van der Waals surface area contributed by atoms with Gasteiger partial charge in [-0.3, -0.25) is 0 Å². The molecule has 2 nitrogen and oxygen atoms in total. The molecule has 0 fully saturated rings. The fourth-order valence-electron chi connectivity index (χ4n) is 2.32. The van der Waals surface area contributed by atoms with Crippen LogP contribution in [0, 0.1) is 5.92 Å². The number of rotatable bonds is 5. The molecule has 1 aromatic carbocycles. The lowest BCUT2D eigenvalue weighted by atomic mass is 9.93. The van der Waals surface area contributed by atoms with Crippen molar-refractivity contribution in [3.63, 3.8) is 0 Å². The van der Waals surface area contributed by atoms with Gasteiger partial charge in [0.15, 0.2) is 0 Å². The number of aryl methyl sites for hydroxylation is 1. The number of hydrogen-bond donors (Lipinski definition) is 1. The van der Waals surface area contributed by atoms with Crippen molar-refractivity contribution in [3.05, 3.63) is 29.3 Å². The van der Waals surface area contributed by atoms with Crippen LogP contribution in [0.3, 0.4) is 0 Å². The Kier molecular flexibility index (Phi) is 4.06. The monoisotopic (exact) mass is 233 g/mol. The molecule has 0 spiro atoms. The van der Waals surface area contributed by atoms with Crippen LogP contribution in [0.15, 0.2) is 18.2 Å². The molecule has 2 atom stereocenters. The van der Waals surface area contributed by atoms with Crippen LogP contribution in [0.25, 0.3) is 0 Å². The van der Waals surface area contributed by atoms with E-state index in [2.05, 4.69) is 32.0 Å². The molecule has 2 unspecified atom stereocenters. The second-order valence-electron chi connectivity index (χ2n) is 5.13. The summed E-state index contributed by atoms with van der Waals surface area (Å²) in [6, 6.07) is 6.88. The first-order valence-corrected chi connectivity index (χ1v) is 6.71. The quantitative estimate of drug-likeness (QED) is 0.848. The van der Waals surface area contributed by atoms with Crippen LogP contribution in [0.5, 0.6) is 5.75 Å². The lowest BCUT2D eigenvalue weighted by Gasteiger charge is -2.18. The lowest BCUT2D eigenvalue weighted by Crippen LogP contribution is -2.28. The summed E-state index contributed by atoms with van der Waals surface area (Å²) < 4.78 is 5.51. The zero-order chi connectivity index (χ0) is 12.3. The van der Waals surface area contributed by atoms with Crippen molar-refractivity contribution in [2.45, 2.75) is 45.6 Å². The fourth-order valence-corrected chi connectivity index (χ4v) is 2.32. The van der Waals surface area contributed by atoms with Gasteiger partial charge in [-0.2, -0.15) is 0 Å². The predicted octanol–water partition coefficient (Wildman–Crippen LogP) is 2.93. The Labute approximate surface area is 104 Å². The molecule has 1 aliphatic rings. The van der Waals surface area contributed by atoms with Gasteiger partial charge in [0.1, 0.15) is 5.75 Å². The molecule has 17 heavy (non-hydrogen) atoms. The highest BCUT2D eigenvalue weighted by Crippen LogP contribution is 2.26. The molecule has 0 radical (unpaired) electrons. The minimum absolute atomic E-state index is 0.324. The van der Waals surface area contributed by atoms with Crippen LogP contribution in [-0.2, 0) is 12.8 Å². The number of nitrogens with two attached hydrogens (primary N) is 1. The topological polar surface area (TPSA) is 35.2 Å². The van der Waals surface area contributed by atoms with Crippen LogP contribution in [0.1, 0.15) is 37.8 Å². The molecule has 0 saturated heterocycles. The summed E-state index contributed by atoms with van der Waals surface area (Å²) in [5.41, 5.74) is 8.92. The average Bonchev–Trinajstić information content (AvgIpc) is 2.82. The minimum atomic E-state index is 0.324. The highest BCUT2D eigenvalue weighted by atomic mass is 16.5. The van der Waals surface area contributed by atoms with Crippen LogP contribution < -0.4 is 10.5 Å². The van der Waals surface area contributed by atoms with Crippen molar-refractivity contribution in [2.24, 2.45) is 11.7 Å². The summed E-state index contributed by atoms with van der Waals surface area (Å²) in [6.45, 7) is 5.28. The standard InChI is InChI=1S/C15H23NO/c1-3-11(2)14(16)6-4-12-5-7-15-13(10-12)8-9-17-15/h5,7,10-11,14H,3-4,6,8-9,16H2,1-2H3. The van der Waals surface area contributed by atoms with Crippen LogP contribution in [0.4, 0.5) is 0 Å². The molecule has 0 aromatic heterocycles. The van der Waals surface area contributed by atoms with Gasteiger partial charge in [-0.05, 0) is 36.0 Å². The van der Waals surface area contributed by atoms with Crippen molar-refractivity contribution >= 4 is 0 Å². The molecule has 0 amide bonds. The van der Waals surface area contributed by atoms with Crippen LogP contribution in [-0.4, -0.2) is 12.6 Å². The zero-order valence-corrected chi connectivity index (χ0v) is 10.9. The molecule has 1 aromatic rings. The third kappa shape index (κ3) is 3.01. The molecule has 0 bridgehead atoms. The maximum absolute atomic E-state index is 6.16. The van der Waals surface area contributed by atoms with Crippen LogP contribution >= 0.6 is 0 Å². The summed E-state index contributed by atoms with van der Waals surface area (Å²) in [6.07, 6.45) is 4.38. The van der Waals surface area contributed by atoms with E-state index in [9.17, 15) is 0 Å². The van der Waals surface area contributed by atoms with Crippen molar-refractivity contribution in [3.8, 4) is 5.75 Å². The predicted molar refractivity (Wildman–Crippen MR) is 71.4 cm³/mol. The van der Waals surface area contributed by atoms with E-state index in [1.54, 1.807) is 0 Å². The van der Waals surface area contributed by atoms with Crippen molar-refractivity contribution in [1.82, 2.24) is 0 Å². The number of fused-ring (bicyclic) bond motifs is 1. The molecule has 0 aliphatic carbocycles. The average molecular weight is 233 g/mol. The van der Waals surface area contributed by atoms with Crippen molar-refractivity contribution in [2.75, 3.05) is 6.61 Å². The maximum Gasteiger partial charge on any atom is 0.122 e. The van der Waals surface area contributed by atoms with E-state index in [-0.39, 0.29) is 0 Å². The largest absolute Gasteiger partial charge is 0.493 e. The smallest absolute Gasteiger partial charge is 0.122 e. The van der Waals surface area contributed by atoms with E-state index in [1.807, 2.05) is 0 Å². The third-order valence-electron chi connectivity index (χ3n) is 3.90. The Morgan fingerprint density at radius 3 is 3.00 bits per heavy atom. The fraction of sp³-hybridized carbons (Fsp3) is 0.600. The van der Waals surface area contributed by atoms with Gasteiger partial charge in [0.2, 0.25) is 0 Å². The molecule has 94 valence electrons. The molecule has 2 rings (SSSR count). The molecular formula is C15H23NO. The molecule has 2 heteroatoms. The molecule has 1 aliphatic heterocycles. The van der Waals surface area contributed by atoms with Crippen molar-refractivity contribution in [1.29, 1.82) is 0 Å². The lowest BCUT2D eigenvalue weighted by molar-refractivity contribution is 0.357. The first-order chi connectivity index (χ1) is 8.20. The van der Waals surface area contributed by atoms with Gasteiger partial charge < -0.3 is 10.5 Å². The number of ether oxygens (including phenoxy) is 1. The van der Waals surface area contributed by atoms with Crippen molar-refractivity contribution < 1.29 is 4.74 Å². The second kappa shape index (κ2) is 5.54. The maximum atomic E-state index is 6.16. The van der Waals surface area contributed by atoms with Gasteiger partial charge in [0, 0.05) is 12.5 Å². The third-order valence-corrected chi connectivity index (χ3v) is 3.90. The van der Waals surface area contributed by atoms with Gasteiger partial charge in [-0.1, -0.05) is 32.4 Å². The zero-order valence-electron chi connectivity index (χ0n) is 10.9. The Bertz CT molecular complexity index is 375. The normalized spacial score (nSPS) is 17.4. The van der Waals surface area contributed by atoms with E-state index in [0.29, 0.717) is 12.0 Å². The summed E-state index contributed by atoms with van der Waals surface area (Å²) in [4.78, 5) is 0. The Balaban J connectivity index is 1.91. The van der Waals surface area contributed by atoms with E-state index < -0.39 is 0 Å². The number of benzene rings is 1. The first kappa shape index (κ1) is 12.4. The molecular weight excluding hydrogens is 210 g/mol. The highest BCUT2D eigenvalue weighted by molar-refractivity contribution is 5.39. The number of hydrogen-bond acceptors (Lipinski definition) is 2. The van der Waals surface area contributed by atoms with E-state index >= 15 is 0 Å². The van der Waals surface area contributed by atoms with Gasteiger partial charge in [-0.15, -0.1) is 0 Å².